The van der Waals surface area contributed by atoms with Gasteiger partial charge in [0.2, 0.25) is 5.88 Å². The highest BCUT2D eigenvalue weighted by Gasteiger charge is 2.30. The monoisotopic (exact) mass is 479 g/mol. The van der Waals surface area contributed by atoms with Gasteiger partial charge in [-0.3, -0.25) is 9.48 Å². The lowest BCUT2D eigenvalue weighted by molar-refractivity contribution is -0.138. The highest BCUT2D eigenvalue weighted by Crippen LogP contribution is 2.29. The summed E-state index contributed by atoms with van der Waals surface area (Å²) in [6.45, 7) is 4.22. The van der Waals surface area contributed by atoms with Gasteiger partial charge in [-0.2, -0.15) is 18.3 Å². The van der Waals surface area contributed by atoms with Gasteiger partial charge in [0.1, 0.15) is 6.54 Å². The van der Waals surface area contributed by atoms with Crippen LogP contribution in [0.5, 0.6) is 5.88 Å². The van der Waals surface area contributed by atoms with E-state index in [0.717, 1.165) is 54.8 Å². The van der Waals surface area contributed by atoms with Gasteiger partial charge in [-0.05, 0) is 43.4 Å². The molecular formula is C23H28F3N5O3. The Morgan fingerprint density at radius 3 is 2.44 bits per heavy atom. The number of hydrogen-bond acceptors (Lipinski definition) is 5. The van der Waals surface area contributed by atoms with Crippen LogP contribution in [0.15, 0.2) is 30.7 Å². The Balaban J connectivity index is 1.65. The Morgan fingerprint density at radius 2 is 1.82 bits per heavy atom. The summed E-state index contributed by atoms with van der Waals surface area (Å²) < 4.78 is 47.1. The highest BCUT2D eigenvalue weighted by molar-refractivity contribution is 5.66. The Kier molecular flexibility index (Phi) is 8.30. The average Bonchev–Trinajstić information content (AvgIpc) is 3.34. The molecular weight excluding hydrogens is 451 g/mol. The van der Waals surface area contributed by atoms with Crippen LogP contribution in [0, 0.1) is 0 Å². The molecule has 0 aliphatic heterocycles. The zero-order chi connectivity index (χ0) is 24.7. The third kappa shape index (κ3) is 6.58. The first-order valence-electron chi connectivity index (χ1n) is 11.2. The largest absolute Gasteiger partial charge is 0.480 e. The molecule has 0 unspecified atom stereocenters. The van der Waals surface area contributed by atoms with E-state index in [4.69, 9.17) is 9.84 Å². The van der Waals surface area contributed by atoms with Crippen LogP contribution < -0.4 is 4.74 Å². The second kappa shape index (κ2) is 11.2. The van der Waals surface area contributed by atoms with Gasteiger partial charge in [0, 0.05) is 24.2 Å². The third-order valence-corrected chi connectivity index (χ3v) is 5.12. The normalized spacial score (nSPS) is 11.7. The fraction of sp³-hybridized carbons (Fsp3) is 0.478. The molecule has 1 N–H and O–H groups in total. The van der Waals surface area contributed by atoms with Gasteiger partial charge >= 0.3 is 12.1 Å². The van der Waals surface area contributed by atoms with Gasteiger partial charge in [-0.25, -0.2) is 9.67 Å². The number of carboxylic acid groups (broad SMARTS) is 1. The molecule has 3 aromatic heterocycles. The number of ether oxygens (including phenoxy) is 1. The Bertz CT molecular complexity index is 1090. The van der Waals surface area contributed by atoms with Crippen LogP contribution in [-0.4, -0.2) is 42.2 Å². The summed E-state index contributed by atoms with van der Waals surface area (Å²) in [5.74, 6) is -0.206. The maximum absolute atomic E-state index is 12.8. The number of aliphatic carboxylic acids is 1. The molecule has 34 heavy (non-hydrogen) atoms. The van der Waals surface area contributed by atoms with Crippen molar-refractivity contribution in [1.29, 1.82) is 0 Å². The summed E-state index contributed by atoms with van der Waals surface area (Å²) >= 11 is 0. The molecule has 3 heterocycles. The van der Waals surface area contributed by atoms with Crippen molar-refractivity contribution in [3.8, 4) is 11.7 Å². The summed E-state index contributed by atoms with van der Waals surface area (Å²) in [6, 6.07) is 2.30. The molecule has 0 amide bonds. The van der Waals surface area contributed by atoms with E-state index in [0.29, 0.717) is 31.1 Å². The van der Waals surface area contributed by atoms with E-state index < -0.39 is 17.7 Å². The predicted octanol–water partition coefficient (Wildman–Crippen LogP) is 4.48. The van der Waals surface area contributed by atoms with Crippen LogP contribution in [-0.2, 0) is 36.8 Å². The van der Waals surface area contributed by atoms with E-state index in [1.165, 1.54) is 15.4 Å². The van der Waals surface area contributed by atoms with Crippen molar-refractivity contribution in [2.24, 2.45) is 0 Å². The lowest BCUT2D eigenvalue weighted by Gasteiger charge is -2.06. The number of halogens is 3. The van der Waals surface area contributed by atoms with Crippen molar-refractivity contribution < 1.29 is 27.8 Å². The third-order valence-electron chi connectivity index (χ3n) is 5.12. The molecule has 0 aromatic carbocycles. The fourth-order valence-electron chi connectivity index (χ4n) is 3.57. The standard InChI is InChI=1S/C23H28F3N5O3/c1-3-6-17-13-30(15-21(32)33)29-22(17)34-11-5-8-16-14-31(28-19(16)7-4-2)20-10-9-18(12-27-20)23(24,25)26/h9-10,12-14H,3-8,11,15H2,1-2H3,(H,32,33). The molecule has 0 fully saturated rings. The smallest absolute Gasteiger partial charge is 0.417 e. The van der Waals surface area contributed by atoms with Crippen LogP contribution in [0.25, 0.3) is 5.82 Å². The summed E-state index contributed by atoms with van der Waals surface area (Å²) in [5.41, 5.74) is 1.93. The molecule has 11 heteroatoms. The lowest BCUT2D eigenvalue weighted by Crippen LogP contribution is -2.09. The molecule has 8 nitrogen and oxygen atoms in total. The van der Waals surface area contributed by atoms with Crippen LogP contribution in [0.2, 0.25) is 0 Å². The van der Waals surface area contributed by atoms with E-state index in [1.54, 1.807) is 12.4 Å². The van der Waals surface area contributed by atoms with Gasteiger partial charge in [-0.1, -0.05) is 26.7 Å². The summed E-state index contributed by atoms with van der Waals surface area (Å²) in [5, 5.41) is 17.7. The van der Waals surface area contributed by atoms with E-state index >= 15 is 0 Å². The van der Waals surface area contributed by atoms with Crippen LogP contribution >= 0.6 is 0 Å². The molecule has 3 aromatic rings. The van der Waals surface area contributed by atoms with Gasteiger partial charge in [0.05, 0.1) is 17.9 Å². The summed E-state index contributed by atoms with van der Waals surface area (Å²) in [4.78, 5) is 14.9. The second-order valence-electron chi connectivity index (χ2n) is 7.95. The minimum Gasteiger partial charge on any atom is -0.480 e. The summed E-state index contributed by atoms with van der Waals surface area (Å²) in [7, 11) is 0. The Labute approximate surface area is 195 Å². The van der Waals surface area contributed by atoms with Crippen molar-refractivity contribution in [3.05, 3.63) is 53.1 Å². The van der Waals surface area contributed by atoms with E-state index in [2.05, 4.69) is 15.2 Å². The number of pyridine rings is 1. The maximum atomic E-state index is 12.8. The number of rotatable bonds is 12. The average molecular weight is 480 g/mol. The molecule has 3 rings (SSSR count). The molecule has 0 aliphatic rings. The predicted molar refractivity (Wildman–Crippen MR) is 118 cm³/mol. The van der Waals surface area contributed by atoms with Gasteiger partial charge in [-0.15, -0.1) is 5.10 Å². The molecule has 0 radical (unpaired) electrons. The number of alkyl halides is 3. The number of aryl methyl sites for hydroxylation is 3. The fourth-order valence-corrected chi connectivity index (χ4v) is 3.57. The van der Waals surface area contributed by atoms with Crippen molar-refractivity contribution in [2.75, 3.05) is 6.61 Å². The SMILES string of the molecule is CCCc1cn(CC(=O)O)nc1OCCCc1cn(-c2ccc(C(F)(F)F)cn2)nc1CCC. The molecule has 0 spiro atoms. The van der Waals surface area contributed by atoms with Crippen molar-refractivity contribution in [1.82, 2.24) is 24.5 Å². The number of carboxylic acids is 1. The first-order chi connectivity index (χ1) is 16.2. The van der Waals surface area contributed by atoms with Gasteiger partial charge in [0.15, 0.2) is 5.82 Å². The van der Waals surface area contributed by atoms with Crippen LogP contribution in [0.3, 0.4) is 0 Å². The highest BCUT2D eigenvalue weighted by atomic mass is 19.4. The van der Waals surface area contributed by atoms with Gasteiger partial charge in [0.25, 0.3) is 0 Å². The first kappa shape index (κ1) is 25.3. The topological polar surface area (TPSA) is 95.1 Å². The van der Waals surface area contributed by atoms with E-state index in [1.807, 2.05) is 13.8 Å². The number of carbonyl (C=O) groups is 1. The first-order valence-corrected chi connectivity index (χ1v) is 11.2. The Hall–Kier alpha value is -3.37. The van der Waals surface area contributed by atoms with Crippen LogP contribution in [0.4, 0.5) is 13.2 Å². The molecule has 0 aliphatic carbocycles. The number of aromatic nitrogens is 5. The molecule has 0 saturated carbocycles. The van der Waals surface area contributed by atoms with Crippen molar-refractivity contribution in [3.63, 3.8) is 0 Å². The lowest BCUT2D eigenvalue weighted by atomic mass is 10.1. The van der Waals surface area contributed by atoms with E-state index in [-0.39, 0.29) is 6.54 Å². The maximum Gasteiger partial charge on any atom is 0.417 e. The van der Waals surface area contributed by atoms with Gasteiger partial charge < -0.3 is 9.84 Å². The van der Waals surface area contributed by atoms with Crippen LogP contribution in [0.1, 0.15) is 55.5 Å². The zero-order valence-electron chi connectivity index (χ0n) is 19.2. The molecule has 0 bridgehead atoms. The Morgan fingerprint density at radius 1 is 1.06 bits per heavy atom. The number of nitrogens with zero attached hydrogens (tertiary/aromatic N) is 5. The number of hydrogen-bond donors (Lipinski definition) is 1. The van der Waals surface area contributed by atoms with E-state index in [9.17, 15) is 18.0 Å². The molecule has 0 atom stereocenters. The van der Waals surface area contributed by atoms with Crippen molar-refractivity contribution >= 4 is 5.97 Å². The molecule has 184 valence electrons. The molecule has 0 saturated heterocycles. The second-order valence-corrected chi connectivity index (χ2v) is 7.95. The zero-order valence-corrected chi connectivity index (χ0v) is 19.2. The minimum absolute atomic E-state index is 0.225. The summed E-state index contributed by atoms with van der Waals surface area (Å²) in [6.07, 6.45) is 4.44. The van der Waals surface area contributed by atoms with Crippen molar-refractivity contribution in [2.45, 2.75) is 65.1 Å². The minimum atomic E-state index is -4.44. The quantitative estimate of drug-likeness (QED) is 0.385.